The van der Waals surface area contributed by atoms with Crippen molar-refractivity contribution in [1.29, 1.82) is 0 Å². The molecule has 0 bridgehead atoms. The van der Waals surface area contributed by atoms with Gasteiger partial charge in [0, 0.05) is 5.54 Å². The molecule has 2 atom stereocenters. The molecule has 3 heteroatoms. The SMILES string of the molecule is Cl.OCC12CC1CCCN2. The van der Waals surface area contributed by atoms with Crippen LogP contribution in [0.4, 0.5) is 0 Å². The molecule has 1 saturated heterocycles. The van der Waals surface area contributed by atoms with Crippen LogP contribution in [0.15, 0.2) is 0 Å². The minimum atomic E-state index is 0. The Morgan fingerprint density at radius 3 is 2.90 bits per heavy atom. The summed E-state index contributed by atoms with van der Waals surface area (Å²) in [6.45, 7) is 1.45. The number of aliphatic hydroxyl groups is 1. The predicted octanol–water partition coefficient (Wildman–Crippen LogP) is 0.543. The molecule has 2 nitrogen and oxygen atoms in total. The Hall–Kier alpha value is 0.210. The molecule has 1 heterocycles. The molecule has 1 aliphatic carbocycles. The predicted molar refractivity (Wildman–Crippen MR) is 42.4 cm³/mol. The highest BCUT2D eigenvalue weighted by molar-refractivity contribution is 5.85. The molecular weight excluding hydrogens is 150 g/mol. The molecule has 0 aromatic rings. The lowest BCUT2D eigenvalue weighted by atomic mass is 10.1. The van der Waals surface area contributed by atoms with E-state index < -0.39 is 0 Å². The van der Waals surface area contributed by atoms with Crippen LogP contribution in [0.1, 0.15) is 19.3 Å². The van der Waals surface area contributed by atoms with Crippen LogP contribution in [0, 0.1) is 5.92 Å². The lowest BCUT2D eigenvalue weighted by Gasteiger charge is -2.20. The van der Waals surface area contributed by atoms with Gasteiger partial charge < -0.3 is 10.4 Å². The summed E-state index contributed by atoms with van der Waals surface area (Å²) in [7, 11) is 0. The zero-order valence-electron chi connectivity index (χ0n) is 5.97. The number of halogens is 1. The molecule has 2 unspecified atom stereocenters. The fourth-order valence-electron chi connectivity index (χ4n) is 1.91. The molecule has 10 heavy (non-hydrogen) atoms. The van der Waals surface area contributed by atoms with E-state index in [1.165, 1.54) is 19.3 Å². The Bertz CT molecular complexity index is 131. The van der Waals surface area contributed by atoms with Gasteiger partial charge in [-0.05, 0) is 31.7 Å². The lowest BCUT2D eigenvalue weighted by molar-refractivity contribution is 0.205. The maximum absolute atomic E-state index is 8.93. The molecule has 1 aliphatic heterocycles. The largest absolute Gasteiger partial charge is 0.394 e. The molecular formula is C7H14ClNO. The quantitative estimate of drug-likeness (QED) is 0.592. The first kappa shape index (κ1) is 8.31. The van der Waals surface area contributed by atoms with Gasteiger partial charge in [0.1, 0.15) is 0 Å². The lowest BCUT2D eigenvalue weighted by Crippen LogP contribution is -2.40. The fourth-order valence-corrected chi connectivity index (χ4v) is 1.91. The van der Waals surface area contributed by atoms with Crippen molar-refractivity contribution in [1.82, 2.24) is 5.32 Å². The Morgan fingerprint density at radius 2 is 2.40 bits per heavy atom. The monoisotopic (exact) mass is 163 g/mol. The van der Waals surface area contributed by atoms with Gasteiger partial charge in [0.2, 0.25) is 0 Å². The van der Waals surface area contributed by atoms with Crippen molar-refractivity contribution in [2.75, 3.05) is 13.2 Å². The second-order valence-electron chi connectivity index (χ2n) is 3.28. The van der Waals surface area contributed by atoms with E-state index in [4.69, 9.17) is 5.11 Å². The van der Waals surface area contributed by atoms with Crippen molar-refractivity contribution >= 4 is 12.4 Å². The first-order valence-corrected chi connectivity index (χ1v) is 3.73. The summed E-state index contributed by atoms with van der Waals surface area (Å²) in [5, 5.41) is 12.3. The van der Waals surface area contributed by atoms with Gasteiger partial charge in [0.25, 0.3) is 0 Å². The third-order valence-electron chi connectivity index (χ3n) is 2.72. The zero-order valence-corrected chi connectivity index (χ0v) is 6.78. The number of nitrogens with one attached hydrogen (secondary N) is 1. The third-order valence-corrected chi connectivity index (χ3v) is 2.72. The first-order valence-electron chi connectivity index (χ1n) is 3.73. The van der Waals surface area contributed by atoms with Crippen LogP contribution in [0.3, 0.4) is 0 Å². The van der Waals surface area contributed by atoms with Crippen LogP contribution >= 0.6 is 12.4 Å². The third kappa shape index (κ3) is 1.04. The van der Waals surface area contributed by atoms with E-state index in [0.717, 1.165) is 12.5 Å². The molecule has 0 aromatic carbocycles. The molecule has 0 aromatic heterocycles. The normalized spacial score (nSPS) is 43.5. The van der Waals surface area contributed by atoms with E-state index in [-0.39, 0.29) is 17.9 Å². The zero-order chi connectivity index (χ0) is 6.32. The highest BCUT2D eigenvalue weighted by Crippen LogP contribution is 2.48. The summed E-state index contributed by atoms with van der Waals surface area (Å²) in [4.78, 5) is 0. The molecule has 0 radical (unpaired) electrons. The summed E-state index contributed by atoms with van der Waals surface area (Å²) in [5.74, 6) is 0.802. The summed E-state index contributed by atoms with van der Waals surface area (Å²) in [6, 6.07) is 0. The van der Waals surface area contributed by atoms with Crippen molar-refractivity contribution in [2.24, 2.45) is 5.92 Å². The van der Waals surface area contributed by atoms with Gasteiger partial charge in [-0.2, -0.15) is 0 Å². The summed E-state index contributed by atoms with van der Waals surface area (Å²) >= 11 is 0. The fraction of sp³-hybridized carbons (Fsp3) is 1.00. The second-order valence-corrected chi connectivity index (χ2v) is 3.28. The van der Waals surface area contributed by atoms with E-state index >= 15 is 0 Å². The molecule has 2 N–H and O–H groups in total. The van der Waals surface area contributed by atoms with Crippen LogP contribution in [0.25, 0.3) is 0 Å². The van der Waals surface area contributed by atoms with Crippen LogP contribution in [-0.2, 0) is 0 Å². The minimum Gasteiger partial charge on any atom is -0.394 e. The number of piperidine rings is 1. The Kier molecular flexibility index (Phi) is 2.23. The van der Waals surface area contributed by atoms with Gasteiger partial charge in [0.05, 0.1) is 6.61 Å². The number of hydrogen-bond acceptors (Lipinski definition) is 2. The van der Waals surface area contributed by atoms with Crippen LogP contribution in [0.5, 0.6) is 0 Å². The Balaban J connectivity index is 0.000000500. The number of fused-ring (bicyclic) bond motifs is 1. The molecule has 2 aliphatic rings. The van der Waals surface area contributed by atoms with Gasteiger partial charge in [-0.1, -0.05) is 0 Å². The Morgan fingerprint density at radius 1 is 1.60 bits per heavy atom. The Labute approximate surface area is 67.4 Å². The molecule has 60 valence electrons. The first-order chi connectivity index (χ1) is 4.37. The average Bonchev–Trinajstić information content (AvgIpc) is 2.62. The van der Waals surface area contributed by atoms with Gasteiger partial charge in [0.15, 0.2) is 0 Å². The average molecular weight is 164 g/mol. The number of hydrogen-bond donors (Lipinski definition) is 2. The summed E-state index contributed by atoms with van der Waals surface area (Å²) in [5.41, 5.74) is 0.193. The van der Waals surface area contributed by atoms with E-state index in [9.17, 15) is 0 Å². The van der Waals surface area contributed by atoms with Crippen molar-refractivity contribution in [3.63, 3.8) is 0 Å². The van der Waals surface area contributed by atoms with Gasteiger partial charge in [-0.25, -0.2) is 0 Å². The molecule has 1 saturated carbocycles. The number of aliphatic hydroxyl groups excluding tert-OH is 1. The molecule has 0 amide bonds. The van der Waals surface area contributed by atoms with Crippen molar-refractivity contribution < 1.29 is 5.11 Å². The highest BCUT2D eigenvalue weighted by atomic mass is 35.5. The van der Waals surface area contributed by atoms with Crippen LogP contribution < -0.4 is 5.32 Å². The van der Waals surface area contributed by atoms with Gasteiger partial charge >= 0.3 is 0 Å². The highest BCUT2D eigenvalue weighted by Gasteiger charge is 2.54. The standard InChI is InChI=1S/C7H13NO.ClH/c9-5-7-4-6(7)2-1-3-8-7;/h6,8-9H,1-5H2;1H. The molecule has 2 fully saturated rings. The van der Waals surface area contributed by atoms with Crippen LogP contribution in [-0.4, -0.2) is 23.8 Å². The van der Waals surface area contributed by atoms with E-state index in [1.54, 1.807) is 0 Å². The smallest absolute Gasteiger partial charge is 0.0616 e. The summed E-state index contributed by atoms with van der Waals surface area (Å²) < 4.78 is 0. The van der Waals surface area contributed by atoms with Crippen molar-refractivity contribution in [3.8, 4) is 0 Å². The van der Waals surface area contributed by atoms with Crippen molar-refractivity contribution in [2.45, 2.75) is 24.8 Å². The van der Waals surface area contributed by atoms with Gasteiger partial charge in [-0.3, -0.25) is 0 Å². The summed E-state index contributed by atoms with van der Waals surface area (Å²) in [6.07, 6.45) is 3.84. The topological polar surface area (TPSA) is 32.3 Å². The van der Waals surface area contributed by atoms with E-state index in [1.807, 2.05) is 0 Å². The molecule has 2 rings (SSSR count). The maximum Gasteiger partial charge on any atom is 0.0616 e. The van der Waals surface area contributed by atoms with Crippen molar-refractivity contribution in [3.05, 3.63) is 0 Å². The van der Waals surface area contributed by atoms with E-state index in [2.05, 4.69) is 5.32 Å². The number of rotatable bonds is 1. The minimum absolute atomic E-state index is 0. The maximum atomic E-state index is 8.93. The second kappa shape index (κ2) is 2.68. The molecule has 0 spiro atoms. The van der Waals surface area contributed by atoms with Crippen LogP contribution in [0.2, 0.25) is 0 Å². The van der Waals surface area contributed by atoms with E-state index in [0.29, 0.717) is 6.61 Å². The van der Waals surface area contributed by atoms with Gasteiger partial charge in [-0.15, -0.1) is 12.4 Å².